The van der Waals surface area contributed by atoms with E-state index in [0.29, 0.717) is 16.5 Å². The normalized spacial score (nSPS) is 12.8. The van der Waals surface area contributed by atoms with Gasteiger partial charge in [-0.15, -0.1) is 0 Å². The van der Waals surface area contributed by atoms with E-state index in [2.05, 4.69) is 40.0 Å². The number of amides is 1. The molecule has 1 unspecified atom stereocenters. The summed E-state index contributed by atoms with van der Waals surface area (Å²) >= 11 is 9.51. The van der Waals surface area contributed by atoms with Crippen LogP contribution in [0.2, 0.25) is 5.02 Å². The zero-order chi connectivity index (χ0) is 15.3. The Morgan fingerprint density at radius 1 is 1.40 bits per heavy atom. The first-order chi connectivity index (χ1) is 9.31. The molecule has 0 radical (unpaired) electrons. The second-order valence-corrected chi connectivity index (χ2v) is 6.90. The first-order valence-corrected chi connectivity index (χ1v) is 7.88. The molecule has 1 aromatic carbocycles. The summed E-state index contributed by atoms with van der Waals surface area (Å²) in [5, 5.41) is 3.53. The highest BCUT2D eigenvalue weighted by Crippen LogP contribution is 2.26. The summed E-state index contributed by atoms with van der Waals surface area (Å²) in [5.74, 6) is 0.405. The fourth-order valence-electron chi connectivity index (χ4n) is 2.13. The molecule has 1 amide bonds. The molecule has 0 bridgehead atoms. The monoisotopic (exact) mass is 360 g/mol. The van der Waals surface area contributed by atoms with E-state index in [-0.39, 0.29) is 11.9 Å². The molecule has 0 saturated heterocycles. The van der Waals surface area contributed by atoms with Crippen LogP contribution in [-0.4, -0.2) is 37.5 Å². The number of benzene rings is 1. The average molecular weight is 362 g/mol. The Morgan fingerprint density at radius 3 is 2.60 bits per heavy atom. The van der Waals surface area contributed by atoms with Gasteiger partial charge in [-0.3, -0.25) is 4.79 Å². The van der Waals surface area contributed by atoms with Gasteiger partial charge in [0.25, 0.3) is 5.91 Å². The number of nitrogens with one attached hydrogen (secondary N) is 1. The van der Waals surface area contributed by atoms with Gasteiger partial charge in [0.1, 0.15) is 0 Å². The maximum Gasteiger partial charge on any atom is 0.253 e. The largest absolute Gasteiger partial charge is 0.348 e. The molecule has 0 aromatic heterocycles. The van der Waals surface area contributed by atoms with E-state index in [1.54, 1.807) is 6.07 Å². The van der Waals surface area contributed by atoms with Crippen LogP contribution in [0.15, 0.2) is 22.7 Å². The van der Waals surface area contributed by atoms with Gasteiger partial charge in [0.2, 0.25) is 0 Å². The Morgan fingerprint density at radius 2 is 2.05 bits per heavy atom. The summed E-state index contributed by atoms with van der Waals surface area (Å²) in [7, 11) is 4.01. The standard InChI is InChI=1S/C15H22BrClN2O/c1-10(2)8-11(9-19(3)4)18-15(20)12-6-5-7-13(16)14(12)17/h5-7,10-11H,8-9H2,1-4H3,(H,18,20). The molecule has 0 fully saturated rings. The molecule has 1 aromatic rings. The number of nitrogens with zero attached hydrogens (tertiary/aromatic N) is 1. The summed E-state index contributed by atoms with van der Waals surface area (Å²) < 4.78 is 0.736. The number of rotatable bonds is 6. The number of hydrogen-bond donors (Lipinski definition) is 1. The van der Waals surface area contributed by atoms with Crippen molar-refractivity contribution in [3.63, 3.8) is 0 Å². The quantitative estimate of drug-likeness (QED) is 0.835. The second-order valence-electron chi connectivity index (χ2n) is 5.66. The van der Waals surface area contributed by atoms with Crippen molar-refractivity contribution < 1.29 is 4.79 Å². The molecule has 20 heavy (non-hydrogen) atoms. The van der Waals surface area contributed by atoms with E-state index in [9.17, 15) is 4.79 Å². The number of carbonyl (C=O) groups excluding carboxylic acids is 1. The van der Waals surface area contributed by atoms with Gasteiger partial charge in [-0.25, -0.2) is 0 Å². The van der Waals surface area contributed by atoms with Crippen molar-refractivity contribution in [2.75, 3.05) is 20.6 Å². The highest BCUT2D eigenvalue weighted by molar-refractivity contribution is 9.10. The molecule has 0 aliphatic heterocycles. The maximum absolute atomic E-state index is 12.4. The average Bonchev–Trinajstić information content (AvgIpc) is 2.30. The Bertz CT molecular complexity index is 453. The van der Waals surface area contributed by atoms with Gasteiger partial charge >= 0.3 is 0 Å². The second kappa shape index (κ2) is 8.01. The van der Waals surface area contributed by atoms with Crippen LogP contribution < -0.4 is 5.32 Å². The van der Waals surface area contributed by atoms with Crippen molar-refractivity contribution in [2.45, 2.75) is 26.3 Å². The number of hydrogen-bond acceptors (Lipinski definition) is 2. The summed E-state index contributed by atoms with van der Waals surface area (Å²) in [6.07, 6.45) is 0.940. The lowest BCUT2D eigenvalue weighted by atomic mass is 10.0. The predicted octanol–water partition coefficient (Wildman–Crippen LogP) is 3.81. The third-order valence-corrected chi connectivity index (χ3v) is 4.17. The molecule has 3 nitrogen and oxygen atoms in total. The first kappa shape index (κ1) is 17.5. The van der Waals surface area contributed by atoms with Crippen molar-refractivity contribution in [2.24, 2.45) is 5.92 Å². The van der Waals surface area contributed by atoms with Gasteiger partial charge in [-0.1, -0.05) is 31.5 Å². The lowest BCUT2D eigenvalue weighted by molar-refractivity contribution is 0.0924. The minimum absolute atomic E-state index is 0.118. The Balaban J connectivity index is 2.81. The minimum Gasteiger partial charge on any atom is -0.348 e. The summed E-state index contributed by atoms with van der Waals surface area (Å²) in [4.78, 5) is 14.4. The third-order valence-electron chi connectivity index (χ3n) is 2.87. The van der Waals surface area contributed by atoms with Crippen molar-refractivity contribution in [3.05, 3.63) is 33.3 Å². The lowest BCUT2D eigenvalue weighted by Crippen LogP contribution is -2.42. The van der Waals surface area contributed by atoms with Crippen molar-refractivity contribution >= 4 is 33.4 Å². The van der Waals surface area contributed by atoms with Crippen LogP contribution in [0.4, 0.5) is 0 Å². The van der Waals surface area contributed by atoms with Crippen LogP contribution in [-0.2, 0) is 0 Å². The van der Waals surface area contributed by atoms with Gasteiger partial charge in [0, 0.05) is 17.1 Å². The topological polar surface area (TPSA) is 32.3 Å². The van der Waals surface area contributed by atoms with Crippen LogP contribution >= 0.6 is 27.5 Å². The van der Waals surface area contributed by atoms with Gasteiger partial charge in [-0.2, -0.15) is 0 Å². The molecular formula is C15H22BrClN2O. The molecule has 1 N–H and O–H groups in total. The predicted molar refractivity (Wildman–Crippen MR) is 88.4 cm³/mol. The van der Waals surface area contributed by atoms with E-state index in [0.717, 1.165) is 17.4 Å². The van der Waals surface area contributed by atoms with Crippen LogP contribution in [0.25, 0.3) is 0 Å². The Hall–Kier alpha value is -0.580. The molecule has 0 aliphatic carbocycles. The number of halogens is 2. The third kappa shape index (κ3) is 5.43. The van der Waals surface area contributed by atoms with Crippen LogP contribution in [0.1, 0.15) is 30.6 Å². The van der Waals surface area contributed by atoms with Gasteiger partial charge in [0.05, 0.1) is 10.6 Å². The number of carbonyl (C=O) groups is 1. The van der Waals surface area contributed by atoms with Crippen LogP contribution in [0, 0.1) is 5.92 Å². The van der Waals surface area contributed by atoms with E-state index in [1.165, 1.54) is 0 Å². The van der Waals surface area contributed by atoms with Crippen LogP contribution in [0.3, 0.4) is 0 Å². The van der Waals surface area contributed by atoms with Crippen molar-refractivity contribution in [3.8, 4) is 0 Å². The molecule has 112 valence electrons. The molecule has 1 atom stereocenters. The first-order valence-electron chi connectivity index (χ1n) is 6.70. The summed E-state index contributed by atoms with van der Waals surface area (Å²) in [6, 6.07) is 5.50. The molecule has 0 spiro atoms. The molecule has 5 heteroatoms. The maximum atomic E-state index is 12.4. The smallest absolute Gasteiger partial charge is 0.253 e. The van der Waals surface area contributed by atoms with Crippen molar-refractivity contribution in [1.82, 2.24) is 10.2 Å². The Kier molecular flexibility index (Phi) is 7.00. The van der Waals surface area contributed by atoms with E-state index in [1.807, 2.05) is 26.2 Å². The van der Waals surface area contributed by atoms with E-state index in [4.69, 9.17) is 11.6 Å². The number of likely N-dealkylation sites (N-methyl/N-ethyl adjacent to an activating group) is 1. The Labute approximate surface area is 134 Å². The molecule has 1 rings (SSSR count). The minimum atomic E-state index is -0.121. The SMILES string of the molecule is CC(C)CC(CN(C)C)NC(=O)c1cccc(Br)c1Cl. The lowest BCUT2D eigenvalue weighted by Gasteiger charge is -2.24. The summed E-state index contributed by atoms with van der Waals surface area (Å²) in [5.41, 5.74) is 0.508. The molecular weight excluding hydrogens is 340 g/mol. The van der Waals surface area contributed by atoms with E-state index >= 15 is 0 Å². The highest BCUT2D eigenvalue weighted by Gasteiger charge is 2.18. The van der Waals surface area contributed by atoms with E-state index < -0.39 is 0 Å². The fraction of sp³-hybridized carbons (Fsp3) is 0.533. The molecule has 0 heterocycles. The highest BCUT2D eigenvalue weighted by atomic mass is 79.9. The fourth-order valence-corrected chi connectivity index (χ4v) is 2.71. The summed E-state index contributed by atoms with van der Waals surface area (Å²) in [6.45, 7) is 5.12. The van der Waals surface area contributed by atoms with Crippen LogP contribution in [0.5, 0.6) is 0 Å². The van der Waals surface area contributed by atoms with Gasteiger partial charge < -0.3 is 10.2 Å². The molecule has 0 aliphatic rings. The zero-order valence-electron chi connectivity index (χ0n) is 12.4. The zero-order valence-corrected chi connectivity index (χ0v) is 14.8. The van der Waals surface area contributed by atoms with Crippen molar-refractivity contribution in [1.29, 1.82) is 0 Å². The van der Waals surface area contributed by atoms with Gasteiger partial charge in [-0.05, 0) is 54.5 Å². The van der Waals surface area contributed by atoms with Gasteiger partial charge in [0.15, 0.2) is 0 Å². The molecule has 0 saturated carbocycles.